The third kappa shape index (κ3) is 2.13. The zero-order valence-electron chi connectivity index (χ0n) is 11.2. The fourth-order valence-electron chi connectivity index (χ4n) is 2.95. The van der Waals surface area contributed by atoms with Crippen LogP contribution in [-0.2, 0) is 9.59 Å². The van der Waals surface area contributed by atoms with E-state index in [1.165, 1.54) is 12.8 Å². The van der Waals surface area contributed by atoms with Gasteiger partial charge in [0.25, 0.3) is 0 Å². The standard InChI is InChI=1S/C14H22N2O2/c1-8(2)12-13(17)15-11(10-5-6-10)14(18)16(12)7-9-3-4-9/h8-12H,3-7H2,1-2H3,(H,15,17). The van der Waals surface area contributed by atoms with E-state index < -0.39 is 0 Å². The summed E-state index contributed by atoms with van der Waals surface area (Å²) in [6.45, 7) is 4.84. The average molecular weight is 250 g/mol. The van der Waals surface area contributed by atoms with E-state index in [4.69, 9.17) is 0 Å². The third-order valence-electron chi connectivity index (χ3n) is 4.33. The molecule has 0 aromatic heterocycles. The zero-order valence-corrected chi connectivity index (χ0v) is 11.2. The van der Waals surface area contributed by atoms with Gasteiger partial charge in [0.05, 0.1) is 0 Å². The molecule has 100 valence electrons. The van der Waals surface area contributed by atoms with Crippen LogP contribution >= 0.6 is 0 Å². The molecule has 18 heavy (non-hydrogen) atoms. The van der Waals surface area contributed by atoms with E-state index in [0.29, 0.717) is 11.8 Å². The van der Waals surface area contributed by atoms with Gasteiger partial charge in [-0.3, -0.25) is 9.59 Å². The number of nitrogens with one attached hydrogen (secondary N) is 1. The molecule has 4 heteroatoms. The Bertz CT molecular complexity index is 372. The number of hydrogen-bond acceptors (Lipinski definition) is 2. The van der Waals surface area contributed by atoms with Crippen molar-refractivity contribution in [3.63, 3.8) is 0 Å². The van der Waals surface area contributed by atoms with Gasteiger partial charge in [0.1, 0.15) is 12.1 Å². The molecule has 1 heterocycles. The van der Waals surface area contributed by atoms with E-state index in [9.17, 15) is 9.59 Å². The lowest BCUT2D eigenvalue weighted by atomic mass is 9.95. The summed E-state index contributed by atoms with van der Waals surface area (Å²) in [5.41, 5.74) is 0. The second-order valence-corrected chi connectivity index (χ2v) is 6.45. The van der Waals surface area contributed by atoms with Crippen molar-refractivity contribution in [2.75, 3.05) is 6.54 Å². The summed E-state index contributed by atoms with van der Waals surface area (Å²) in [5.74, 6) is 1.45. The Balaban J connectivity index is 1.80. The predicted octanol–water partition coefficient (Wildman–Crippen LogP) is 1.16. The lowest BCUT2D eigenvalue weighted by Crippen LogP contribution is -2.65. The van der Waals surface area contributed by atoms with Crippen LogP contribution in [0.4, 0.5) is 0 Å². The molecule has 2 atom stereocenters. The van der Waals surface area contributed by atoms with Gasteiger partial charge in [-0.2, -0.15) is 0 Å². The first-order valence-corrected chi connectivity index (χ1v) is 7.18. The van der Waals surface area contributed by atoms with Crippen LogP contribution in [0.2, 0.25) is 0 Å². The summed E-state index contributed by atoms with van der Waals surface area (Å²) in [7, 11) is 0. The topological polar surface area (TPSA) is 49.4 Å². The van der Waals surface area contributed by atoms with Gasteiger partial charge in [0, 0.05) is 6.54 Å². The molecule has 1 aliphatic heterocycles. The van der Waals surface area contributed by atoms with Crippen LogP contribution in [-0.4, -0.2) is 35.3 Å². The van der Waals surface area contributed by atoms with Crippen molar-refractivity contribution in [2.45, 2.75) is 51.6 Å². The fraction of sp³-hybridized carbons (Fsp3) is 0.857. The molecule has 2 saturated carbocycles. The number of nitrogens with zero attached hydrogens (tertiary/aromatic N) is 1. The lowest BCUT2D eigenvalue weighted by molar-refractivity contribution is -0.152. The van der Waals surface area contributed by atoms with Gasteiger partial charge in [-0.1, -0.05) is 13.8 Å². The molecule has 3 fully saturated rings. The molecule has 4 nitrogen and oxygen atoms in total. The van der Waals surface area contributed by atoms with E-state index >= 15 is 0 Å². The normalized spacial score (nSPS) is 32.9. The first-order chi connectivity index (χ1) is 8.58. The molecule has 0 radical (unpaired) electrons. The number of carbonyl (C=O) groups is 2. The van der Waals surface area contributed by atoms with E-state index in [0.717, 1.165) is 19.4 Å². The summed E-state index contributed by atoms with van der Waals surface area (Å²) in [5, 5.41) is 2.95. The summed E-state index contributed by atoms with van der Waals surface area (Å²) in [6, 6.07) is -0.487. The highest BCUT2D eigenvalue weighted by Gasteiger charge is 2.48. The molecule has 1 N–H and O–H groups in total. The van der Waals surface area contributed by atoms with Crippen molar-refractivity contribution in [2.24, 2.45) is 17.8 Å². The molecule has 3 rings (SSSR count). The van der Waals surface area contributed by atoms with E-state index in [-0.39, 0.29) is 29.8 Å². The van der Waals surface area contributed by atoms with Gasteiger partial charge in [-0.25, -0.2) is 0 Å². The van der Waals surface area contributed by atoms with Gasteiger partial charge in [0.2, 0.25) is 11.8 Å². The van der Waals surface area contributed by atoms with Crippen LogP contribution in [0.5, 0.6) is 0 Å². The second-order valence-electron chi connectivity index (χ2n) is 6.45. The summed E-state index contributed by atoms with van der Waals surface area (Å²) in [4.78, 5) is 26.7. The monoisotopic (exact) mass is 250 g/mol. The predicted molar refractivity (Wildman–Crippen MR) is 67.7 cm³/mol. The molecule has 1 saturated heterocycles. The van der Waals surface area contributed by atoms with Gasteiger partial charge in [-0.15, -0.1) is 0 Å². The van der Waals surface area contributed by atoms with E-state index in [1.807, 2.05) is 18.7 Å². The number of hydrogen-bond donors (Lipinski definition) is 1. The smallest absolute Gasteiger partial charge is 0.246 e. The molecular weight excluding hydrogens is 228 g/mol. The summed E-state index contributed by atoms with van der Waals surface area (Å²) < 4.78 is 0. The molecule has 3 aliphatic rings. The molecule has 2 unspecified atom stereocenters. The Kier molecular flexibility index (Phi) is 2.83. The molecular formula is C14H22N2O2. The van der Waals surface area contributed by atoms with Crippen LogP contribution in [0.25, 0.3) is 0 Å². The first-order valence-electron chi connectivity index (χ1n) is 7.18. The molecule has 0 bridgehead atoms. The van der Waals surface area contributed by atoms with Gasteiger partial charge in [-0.05, 0) is 43.4 Å². The Morgan fingerprint density at radius 3 is 2.39 bits per heavy atom. The van der Waals surface area contributed by atoms with Crippen molar-refractivity contribution in [1.29, 1.82) is 0 Å². The number of rotatable bonds is 4. The minimum Gasteiger partial charge on any atom is -0.342 e. The van der Waals surface area contributed by atoms with Gasteiger partial charge in [0.15, 0.2) is 0 Å². The SMILES string of the molecule is CC(C)C1C(=O)NC(C2CC2)C(=O)N1CC1CC1. The fourth-order valence-corrected chi connectivity index (χ4v) is 2.95. The number of carbonyl (C=O) groups excluding carboxylic acids is 2. The lowest BCUT2D eigenvalue weighted by Gasteiger charge is -2.41. The third-order valence-corrected chi connectivity index (χ3v) is 4.33. The summed E-state index contributed by atoms with van der Waals surface area (Å²) in [6.07, 6.45) is 4.59. The molecule has 2 aliphatic carbocycles. The highest BCUT2D eigenvalue weighted by molar-refractivity contribution is 5.97. The zero-order chi connectivity index (χ0) is 12.9. The van der Waals surface area contributed by atoms with Gasteiger partial charge >= 0.3 is 0 Å². The second kappa shape index (κ2) is 4.25. The van der Waals surface area contributed by atoms with E-state index in [2.05, 4.69) is 5.32 Å². The molecule has 0 aromatic carbocycles. The van der Waals surface area contributed by atoms with Crippen molar-refractivity contribution in [1.82, 2.24) is 10.2 Å². The first kappa shape index (κ1) is 12.0. The maximum Gasteiger partial charge on any atom is 0.246 e. The van der Waals surface area contributed by atoms with Crippen LogP contribution < -0.4 is 5.32 Å². The minimum atomic E-state index is -0.256. The summed E-state index contributed by atoms with van der Waals surface area (Å²) >= 11 is 0. The van der Waals surface area contributed by atoms with Crippen molar-refractivity contribution >= 4 is 11.8 Å². The molecule has 2 amide bonds. The van der Waals surface area contributed by atoms with Crippen LogP contribution in [0.1, 0.15) is 39.5 Å². The quantitative estimate of drug-likeness (QED) is 0.814. The highest BCUT2D eigenvalue weighted by Crippen LogP contribution is 2.37. The van der Waals surface area contributed by atoms with Crippen molar-refractivity contribution < 1.29 is 9.59 Å². The average Bonchev–Trinajstić information content (AvgIpc) is 3.13. The van der Waals surface area contributed by atoms with E-state index in [1.54, 1.807) is 0 Å². The molecule has 0 aromatic rings. The largest absolute Gasteiger partial charge is 0.342 e. The van der Waals surface area contributed by atoms with Gasteiger partial charge < -0.3 is 10.2 Å². The van der Waals surface area contributed by atoms with Crippen molar-refractivity contribution in [3.8, 4) is 0 Å². The van der Waals surface area contributed by atoms with Crippen LogP contribution in [0.15, 0.2) is 0 Å². The maximum atomic E-state index is 12.5. The van der Waals surface area contributed by atoms with Crippen molar-refractivity contribution in [3.05, 3.63) is 0 Å². The molecule has 0 spiro atoms. The van der Waals surface area contributed by atoms with Crippen LogP contribution in [0.3, 0.4) is 0 Å². The Labute approximate surface area is 108 Å². The van der Waals surface area contributed by atoms with Crippen LogP contribution in [0, 0.1) is 17.8 Å². The Hall–Kier alpha value is -1.06. The number of amides is 2. The number of piperazine rings is 1. The Morgan fingerprint density at radius 1 is 1.22 bits per heavy atom. The maximum absolute atomic E-state index is 12.5. The minimum absolute atomic E-state index is 0.0575. The Morgan fingerprint density at radius 2 is 1.89 bits per heavy atom. The highest BCUT2D eigenvalue weighted by atomic mass is 16.2.